The van der Waals surface area contributed by atoms with Gasteiger partial charge in [0.1, 0.15) is 5.52 Å². The molecule has 2 aromatic rings. The van der Waals surface area contributed by atoms with Crippen LogP contribution in [0.1, 0.15) is 12.8 Å². The first-order valence-corrected chi connectivity index (χ1v) is 4.93. The molecule has 0 unspecified atom stereocenters. The van der Waals surface area contributed by atoms with Gasteiger partial charge in [-0.05, 0) is 34.7 Å². The van der Waals surface area contributed by atoms with Crippen LogP contribution in [0, 0.1) is 3.57 Å². The van der Waals surface area contributed by atoms with E-state index < -0.39 is 0 Å². The van der Waals surface area contributed by atoms with Crippen LogP contribution in [0.5, 0.6) is 0 Å². The molecule has 1 heterocycles. The summed E-state index contributed by atoms with van der Waals surface area (Å²) in [5, 5.41) is 0. The second kappa shape index (κ2) is 3.05. The fourth-order valence-electron chi connectivity index (χ4n) is 1.11. The van der Waals surface area contributed by atoms with E-state index in [0.29, 0.717) is 0 Å². The molecule has 1 aromatic heterocycles. The Hall–Kier alpha value is -0.580. The molecule has 0 saturated carbocycles. The van der Waals surface area contributed by atoms with Crippen LogP contribution in [0.4, 0.5) is 0 Å². The number of hydrogen-bond donors (Lipinski definition) is 0. The van der Waals surface area contributed by atoms with Gasteiger partial charge in [0.25, 0.3) is 0 Å². The zero-order valence-electron chi connectivity index (χ0n) is 6.67. The Morgan fingerprint density at radius 3 is 3.00 bits per heavy atom. The Morgan fingerprint density at radius 1 is 1.50 bits per heavy atom. The van der Waals surface area contributed by atoms with Crippen LogP contribution >= 0.6 is 22.6 Å². The van der Waals surface area contributed by atoms with E-state index in [1.807, 2.05) is 25.1 Å². The SMILES string of the molecule is CCc1nc2cccc(I)c2o1. The topological polar surface area (TPSA) is 26.0 Å². The molecule has 0 amide bonds. The van der Waals surface area contributed by atoms with E-state index in [0.717, 1.165) is 27.0 Å². The highest BCUT2D eigenvalue weighted by molar-refractivity contribution is 14.1. The van der Waals surface area contributed by atoms with Crippen LogP contribution in [0.15, 0.2) is 22.6 Å². The van der Waals surface area contributed by atoms with Crippen LogP contribution in [0.2, 0.25) is 0 Å². The molecule has 0 atom stereocenters. The lowest BCUT2D eigenvalue weighted by Crippen LogP contribution is -1.74. The van der Waals surface area contributed by atoms with Gasteiger partial charge in [0.05, 0.1) is 3.57 Å². The van der Waals surface area contributed by atoms with Crippen molar-refractivity contribution in [2.24, 2.45) is 0 Å². The highest BCUT2D eigenvalue weighted by atomic mass is 127. The normalized spacial score (nSPS) is 10.8. The molecule has 0 aliphatic carbocycles. The Balaban J connectivity index is 2.74. The zero-order chi connectivity index (χ0) is 8.55. The van der Waals surface area contributed by atoms with Crippen LogP contribution in [0.3, 0.4) is 0 Å². The summed E-state index contributed by atoms with van der Waals surface area (Å²) in [6.07, 6.45) is 0.852. The van der Waals surface area contributed by atoms with Crippen LogP contribution < -0.4 is 0 Å². The summed E-state index contributed by atoms with van der Waals surface area (Å²) < 4.78 is 6.65. The van der Waals surface area contributed by atoms with Gasteiger partial charge in [-0.1, -0.05) is 13.0 Å². The van der Waals surface area contributed by atoms with Crippen molar-refractivity contribution >= 4 is 33.7 Å². The van der Waals surface area contributed by atoms with Gasteiger partial charge in [0, 0.05) is 6.42 Å². The van der Waals surface area contributed by atoms with Crippen LogP contribution in [-0.2, 0) is 6.42 Å². The van der Waals surface area contributed by atoms with E-state index in [9.17, 15) is 0 Å². The lowest BCUT2D eigenvalue weighted by molar-refractivity contribution is 0.536. The van der Waals surface area contributed by atoms with Crippen molar-refractivity contribution in [3.8, 4) is 0 Å². The minimum Gasteiger partial charge on any atom is -0.440 e. The van der Waals surface area contributed by atoms with Gasteiger partial charge in [-0.3, -0.25) is 0 Å². The number of hydrogen-bond acceptors (Lipinski definition) is 2. The van der Waals surface area contributed by atoms with Gasteiger partial charge in [0.2, 0.25) is 0 Å². The molecule has 0 radical (unpaired) electrons. The van der Waals surface area contributed by atoms with Gasteiger partial charge >= 0.3 is 0 Å². The molecule has 0 bridgehead atoms. The Bertz CT molecular complexity index is 408. The Morgan fingerprint density at radius 2 is 2.33 bits per heavy atom. The number of rotatable bonds is 1. The van der Waals surface area contributed by atoms with Crippen molar-refractivity contribution in [3.05, 3.63) is 27.7 Å². The number of oxazole rings is 1. The summed E-state index contributed by atoms with van der Waals surface area (Å²) in [5.41, 5.74) is 1.87. The predicted octanol–water partition coefficient (Wildman–Crippen LogP) is 2.99. The molecule has 2 nitrogen and oxygen atoms in total. The molecule has 0 fully saturated rings. The van der Waals surface area contributed by atoms with Crippen LogP contribution in [0.25, 0.3) is 11.1 Å². The standard InChI is InChI=1S/C9H8INO/c1-2-8-11-7-5-3-4-6(10)9(7)12-8/h3-5H,2H2,1H3. The third-order valence-corrected chi connectivity index (χ3v) is 2.56. The number of fused-ring (bicyclic) bond motifs is 1. The molecule has 1 aromatic carbocycles. The first kappa shape index (κ1) is 8.04. The molecule has 3 heteroatoms. The molecule has 0 aliphatic rings. The highest BCUT2D eigenvalue weighted by Crippen LogP contribution is 2.21. The van der Waals surface area contributed by atoms with Gasteiger partial charge < -0.3 is 4.42 Å². The molecular formula is C9H8INO. The Kier molecular flexibility index (Phi) is 2.04. The lowest BCUT2D eigenvalue weighted by atomic mass is 10.3. The maximum absolute atomic E-state index is 5.53. The second-order valence-corrected chi connectivity index (χ2v) is 3.71. The lowest BCUT2D eigenvalue weighted by Gasteiger charge is -1.87. The first-order chi connectivity index (χ1) is 5.81. The minimum atomic E-state index is 0.814. The summed E-state index contributed by atoms with van der Waals surface area (Å²) in [7, 11) is 0. The molecule has 0 N–H and O–H groups in total. The molecule has 12 heavy (non-hydrogen) atoms. The van der Waals surface area contributed by atoms with E-state index in [-0.39, 0.29) is 0 Å². The van der Waals surface area contributed by atoms with E-state index in [1.54, 1.807) is 0 Å². The number of para-hydroxylation sites is 1. The fraction of sp³-hybridized carbons (Fsp3) is 0.222. The van der Waals surface area contributed by atoms with Crippen molar-refractivity contribution < 1.29 is 4.42 Å². The molecule has 62 valence electrons. The number of benzene rings is 1. The summed E-state index contributed by atoms with van der Waals surface area (Å²) in [4.78, 5) is 4.32. The average molecular weight is 273 g/mol. The summed E-state index contributed by atoms with van der Waals surface area (Å²) >= 11 is 2.25. The van der Waals surface area contributed by atoms with Gasteiger partial charge in [-0.2, -0.15) is 0 Å². The second-order valence-electron chi connectivity index (χ2n) is 2.55. The molecule has 0 saturated heterocycles. The average Bonchev–Trinajstić information content (AvgIpc) is 2.49. The molecular weight excluding hydrogens is 265 g/mol. The quantitative estimate of drug-likeness (QED) is 0.746. The van der Waals surface area contributed by atoms with Gasteiger partial charge in [-0.25, -0.2) is 4.98 Å². The van der Waals surface area contributed by atoms with E-state index in [2.05, 4.69) is 27.6 Å². The monoisotopic (exact) mass is 273 g/mol. The number of halogens is 1. The van der Waals surface area contributed by atoms with E-state index in [4.69, 9.17) is 4.42 Å². The van der Waals surface area contributed by atoms with Crippen molar-refractivity contribution in [2.75, 3.05) is 0 Å². The smallest absolute Gasteiger partial charge is 0.195 e. The number of aromatic nitrogens is 1. The van der Waals surface area contributed by atoms with Crippen molar-refractivity contribution in [1.82, 2.24) is 4.98 Å². The highest BCUT2D eigenvalue weighted by Gasteiger charge is 2.05. The van der Waals surface area contributed by atoms with Crippen molar-refractivity contribution in [3.63, 3.8) is 0 Å². The molecule has 0 spiro atoms. The van der Waals surface area contributed by atoms with Crippen molar-refractivity contribution in [1.29, 1.82) is 0 Å². The first-order valence-electron chi connectivity index (χ1n) is 3.85. The van der Waals surface area contributed by atoms with Crippen molar-refractivity contribution in [2.45, 2.75) is 13.3 Å². The third kappa shape index (κ3) is 1.22. The number of aryl methyl sites for hydroxylation is 1. The predicted molar refractivity (Wildman–Crippen MR) is 56.1 cm³/mol. The maximum atomic E-state index is 5.53. The maximum Gasteiger partial charge on any atom is 0.195 e. The van der Waals surface area contributed by atoms with E-state index in [1.165, 1.54) is 0 Å². The number of nitrogens with zero attached hydrogens (tertiary/aromatic N) is 1. The fourth-order valence-corrected chi connectivity index (χ4v) is 1.71. The third-order valence-electron chi connectivity index (χ3n) is 1.71. The summed E-state index contributed by atoms with van der Waals surface area (Å²) in [5.74, 6) is 0.814. The van der Waals surface area contributed by atoms with Gasteiger partial charge in [-0.15, -0.1) is 0 Å². The Labute approximate surface area is 84.1 Å². The molecule has 2 rings (SSSR count). The van der Waals surface area contributed by atoms with Gasteiger partial charge in [0.15, 0.2) is 11.5 Å². The summed E-state index contributed by atoms with van der Waals surface area (Å²) in [6.45, 7) is 2.04. The largest absolute Gasteiger partial charge is 0.440 e. The summed E-state index contributed by atoms with van der Waals surface area (Å²) in [6, 6.07) is 5.99. The molecule has 0 aliphatic heterocycles. The minimum absolute atomic E-state index is 0.814. The zero-order valence-corrected chi connectivity index (χ0v) is 8.83. The van der Waals surface area contributed by atoms with E-state index >= 15 is 0 Å². The van der Waals surface area contributed by atoms with Crippen LogP contribution in [-0.4, -0.2) is 4.98 Å².